The highest BCUT2D eigenvalue weighted by molar-refractivity contribution is 5.47. The van der Waals surface area contributed by atoms with Gasteiger partial charge < -0.3 is 14.9 Å². The molecule has 0 aromatic heterocycles. The van der Waals surface area contributed by atoms with Gasteiger partial charge in [-0.15, -0.1) is 0 Å². The van der Waals surface area contributed by atoms with Gasteiger partial charge in [-0.25, -0.2) is 8.78 Å². The van der Waals surface area contributed by atoms with Crippen LogP contribution in [0.15, 0.2) is 6.07 Å². The first-order chi connectivity index (χ1) is 6.49. The Kier molecular flexibility index (Phi) is 2.90. The van der Waals surface area contributed by atoms with Gasteiger partial charge in [0.2, 0.25) is 0 Å². The molecule has 0 spiro atoms. The number of phenolic OH excluding ortho intramolecular Hbond substituents is 1. The summed E-state index contributed by atoms with van der Waals surface area (Å²) in [5.41, 5.74) is -0.287. The van der Waals surface area contributed by atoms with Crippen LogP contribution in [-0.2, 0) is 0 Å². The van der Waals surface area contributed by atoms with Gasteiger partial charge in [-0.05, 0) is 6.92 Å². The van der Waals surface area contributed by atoms with Gasteiger partial charge in [0, 0.05) is 6.07 Å². The van der Waals surface area contributed by atoms with Gasteiger partial charge in [-0.2, -0.15) is 0 Å². The van der Waals surface area contributed by atoms with Crippen LogP contribution < -0.4 is 4.74 Å². The predicted molar refractivity (Wildman–Crippen MR) is 45.2 cm³/mol. The number of aliphatic hydroxyl groups is 1. The van der Waals surface area contributed by atoms with Gasteiger partial charge in [-0.1, -0.05) is 0 Å². The zero-order valence-corrected chi connectivity index (χ0v) is 7.71. The van der Waals surface area contributed by atoms with Crippen molar-refractivity contribution in [3.05, 3.63) is 23.3 Å². The third-order valence-corrected chi connectivity index (χ3v) is 1.82. The van der Waals surface area contributed by atoms with E-state index in [9.17, 15) is 19.0 Å². The van der Waals surface area contributed by atoms with Crippen molar-refractivity contribution >= 4 is 0 Å². The number of hydrogen-bond donors (Lipinski definition) is 2. The second kappa shape index (κ2) is 3.79. The zero-order valence-electron chi connectivity index (χ0n) is 7.71. The highest BCUT2D eigenvalue weighted by atomic mass is 19.1. The summed E-state index contributed by atoms with van der Waals surface area (Å²) in [4.78, 5) is 0. The molecule has 1 rings (SSSR count). The molecule has 14 heavy (non-hydrogen) atoms. The first-order valence-electron chi connectivity index (χ1n) is 3.92. The number of methoxy groups -OCH3 is 1. The van der Waals surface area contributed by atoms with Crippen LogP contribution in [0.3, 0.4) is 0 Å². The van der Waals surface area contributed by atoms with E-state index in [0.29, 0.717) is 6.07 Å². The average Bonchev–Trinajstić information content (AvgIpc) is 2.10. The smallest absolute Gasteiger partial charge is 0.168 e. The Labute approximate surface area is 79.6 Å². The van der Waals surface area contributed by atoms with Gasteiger partial charge in [0.1, 0.15) is 0 Å². The van der Waals surface area contributed by atoms with Crippen molar-refractivity contribution in [1.82, 2.24) is 0 Å². The van der Waals surface area contributed by atoms with Gasteiger partial charge in [-0.3, -0.25) is 0 Å². The Morgan fingerprint density at radius 1 is 1.36 bits per heavy atom. The quantitative estimate of drug-likeness (QED) is 0.771. The molecular formula is C9H10F2O3. The highest BCUT2D eigenvalue weighted by Gasteiger charge is 2.21. The maximum absolute atomic E-state index is 13.1. The average molecular weight is 204 g/mol. The summed E-state index contributed by atoms with van der Waals surface area (Å²) in [6.45, 7) is 1.27. The summed E-state index contributed by atoms with van der Waals surface area (Å²) >= 11 is 0. The minimum absolute atomic E-state index is 0.287. The Morgan fingerprint density at radius 2 is 1.93 bits per heavy atom. The Morgan fingerprint density at radius 3 is 2.36 bits per heavy atom. The molecule has 1 aromatic carbocycles. The lowest BCUT2D eigenvalue weighted by atomic mass is 10.1. The molecule has 1 atom stereocenters. The molecule has 3 nitrogen and oxygen atoms in total. The van der Waals surface area contributed by atoms with E-state index in [0.717, 1.165) is 0 Å². The Bertz CT molecular complexity index is 350. The largest absolute Gasteiger partial charge is 0.504 e. The van der Waals surface area contributed by atoms with E-state index in [1.807, 2.05) is 0 Å². The van der Waals surface area contributed by atoms with Crippen LogP contribution in [0.5, 0.6) is 11.5 Å². The maximum atomic E-state index is 13.1. The SMILES string of the molecule is COc1c(F)cc(F)c(O)c1C(C)O. The standard InChI is InChI=1S/C9H10F2O3/c1-4(12)7-8(13)5(10)3-6(11)9(7)14-2/h3-4,12-13H,1-2H3. The molecule has 0 saturated heterocycles. The molecule has 0 aliphatic carbocycles. The molecule has 2 N–H and O–H groups in total. The van der Waals surface area contributed by atoms with Gasteiger partial charge in [0.15, 0.2) is 23.1 Å². The van der Waals surface area contributed by atoms with Crippen molar-refractivity contribution < 1.29 is 23.7 Å². The third-order valence-electron chi connectivity index (χ3n) is 1.82. The molecule has 5 heteroatoms. The van der Waals surface area contributed by atoms with Crippen LogP contribution in [-0.4, -0.2) is 17.3 Å². The highest BCUT2D eigenvalue weighted by Crippen LogP contribution is 2.37. The zero-order chi connectivity index (χ0) is 10.9. The summed E-state index contributed by atoms with van der Waals surface area (Å²) in [5, 5.41) is 18.4. The molecule has 0 aliphatic heterocycles. The van der Waals surface area contributed by atoms with Crippen molar-refractivity contribution in [2.45, 2.75) is 13.0 Å². The Balaban J connectivity index is 3.48. The molecule has 78 valence electrons. The fraction of sp³-hybridized carbons (Fsp3) is 0.333. The minimum atomic E-state index is -1.21. The fourth-order valence-corrected chi connectivity index (χ4v) is 1.21. The van der Waals surface area contributed by atoms with E-state index in [-0.39, 0.29) is 11.3 Å². The van der Waals surface area contributed by atoms with Crippen LogP contribution in [0.25, 0.3) is 0 Å². The van der Waals surface area contributed by atoms with Crippen LogP contribution in [0.2, 0.25) is 0 Å². The molecule has 0 heterocycles. The van der Waals surface area contributed by atoms with E-state index in [4.69, 9.17) is 0 Å². The topological polar surface area (TPSA) is 49.7 Å². The monoisotopic (exact) mass is 204 g/mol. The van der Waals surface area contributed by atoms with Crippen molar-refractivity contribution in [2.75, 3.05) is 7.11 Å². The molecule has 0 radical (unpaired) electrons. The van der Waals surface area contributed by atoms with E-state index in [1.54, 1.807) is 0 Å². The summed E-state index contributed by atoms with van der Waals surface area (Å²) in [6.07, 6.45) is -1.21. The van der Waals surface area contributed by atoms with Gasteiger partial charge in [0.05, 0.1) is 18.8 Å². The molecule has 1 aromatic rings. The van der Waals surface area contributed by atoms with E-state index in [2.05, 4.69) is 4.74 Å². The van der Waals surface area contributed by atoms with Crippen LogP contribution in [0.4, 0.5) is 8.78 Å². The Hall–Kier alpha value is -1.36. The molecule has 0 bridgehead atoms. The third kappa shape index (κ3) is 1.63. The molecule has 0 amide bonds. The number of benzene rings is 1. The molecule has 0 fully saturated rings. The molecule has 0 saturated carbocycles. The summed E-state index contributed by atoms with van der Waals surface area (Å²) < 4.78 is 30.5. The summed E-state index contributed by atoms with van der Waals surface area (Å²) in [5.74, 6) is -3.23. The lowest BCUT2D eigenvalue weighted by Crippen LogP contribution is -2.01. The number of hydrogen-bond acceptors (Lipinski definition) is 3. The minimum Gasteiger partial charge on any atom is -0.504 e. The number of halogens is 2. The first kappa shape index (κ1) is 10.7. The summed E-state index contributed by atoms with van der Waals surface area (Å²) in [6, 6.07) is 0.500. The van der Waals surface area contributed by atoms with E-state index >= 15 is 0 Å². The van der Waals surface area contributed by atoms with Crippen LogP contribution in [0.1, 0.15) is 18.6 Å². The van der Waals surface area contributed by atoms with Gasteiger partial charge in [0.25, 0.3) is 0 Å². The van der Waals surface area contributed by atoms with Crippen LogP contribution in [0, 0.1) is 11.6 Å². The maximum Gasteiger partial charge on any atom is 0.168 e. The number of phenols is 1. The second-order valence-corrected chi connectivity index (χ2v) is 2.81. The van der Waals surface area contributed by atoms with Crippen molar-refractivity contribution in [3.63, 3.8) is 0 Å². The lowest BCUT2D eigenvalue weighted by molar-refractivity contribution is 0.186. The van der Waals surface area contributed by atoms with Gasteiger partial charge >= 0.3 is 0 Å². The number of aromatic hydroxyl groups is 1. The normalized spacial score (nSPS) is 12.6. The predicted octanol–water partition coefficient (Wildman–Crippen LogP) is 1.73. The van der Waals surface area contributed by atoms with Crippen LogP contribution >= 0.6 is 0 Å². The molecular weight excluding hydrogens is 194 g/mol. The summed E-state index contributed by atoms with van der Waals surface area (Å²) in [7, 11) is 1.17. The van der Waals surface area contributed by atoms with Crippen molar-refractivity contribution in [2.24, 2.45) is 0 Å². The lowest BCUT2D eigenvalue weighted by Gasteiger charge is -2.13. The fourth-order valence-electron chi connectivity index (χ4n) is 1.21. The second-order valence-electron chi connectivity index (χ2n) is 2.81. The molecule has 0 aliphatic rings. The molecule has 1 unspecified atom stereocenters. The van der Waals surface area contributed by atoms with E-state index < -0.39 is 23.5 Å². The first-order valence-corrected chi connectivity index (χ1v) is 3.92. The van der Waals surface area contributed by atoms with Crippen molar-refractivity contribution in [1.29, 1.82) is 0 Å². The van der Waals surface area contributed by atoms with Crippen molar-refractivity contribution in [3.8, 4) is 11.5 Å². The van der Waals surface area contributed by atoms with E-state index in [1.165, 1.54) is 14.0 Å². The number of rotatable bonds is 2. The number of aliphatic hydroxyl groups excluding tert-OH is 1. The number of ether oxygens (including phenoxy) is 1.